The molecule has 2 atom stereocenters. The zero-order chi connectivity index (χ0) is 12.1. The summed E-state index contributed by atoms with van der Waals surface area (Å²) in [5, 5.41) is 5.76. The second-order valence-corrected chi connectivity index (χ2v) is 5.85. The van der Waals surface area contributed by atoms with Crippen molar-refractivity contribution in [3.05, 3.63) is 16.6 Å². The molecule has 4 heteroatoms. The first kappa shape index (κ1) is 13.0. The molecule has 1 fully saturated rings. The van der Waals surface area contributed by atoms with Gasteiger partial charge in [-0.1, -0.05) is 6.42 Å². The monoisotopic (exact) mass is 253 g/mol. The molecule has 0 aromatic carbocycles. The van der Waals surface area contributed by atoms with Crippen LogP contribution in [0.3, 0.4) is 0 Å². The third kappa shape index (κ3) is 4.05. The Labute approximate surface area is 108 Å². The summed E-state index contributed by atoms with van der Waals surface area (Å²) in [5.74, 6) is 0. The number of thiazole rings is 1. The van der Waals surface area contributed by atoms with E-state index in [4.69, 9.17) is 0 Å². The van der Waals surface area contributed by atoms with Gasteiger partial charge in [-0.05, 0) is 39.8 Å². The van der Waals surface area contributed by atoms with Crippen LogP contribution in [0.1, 0.15) is 38.3 Å². The maximum atomic E-state index is 4.35. The first-order chi connectivity index (χ1) is 8.25. The first-order valence-electron chi connectivity index (χ1n) is 6.56. The molecular formula is C13H23N3S. The Bertz CT molecular complexity index is 306. The lowest BCUT2D eigenvalue weighted by Gasteiger charge is -2.30. The van der Waals surface area contributed by atoms with Crippen LogP contribution in [0.25, 0.3) is 0 Å². The van der Waals surface area contributed by atoms with Crippen molar-refractivity contribution in [1.29, 1.82) is 0 Å². The Kier molecular flexibility index (Phi) is 4.95. The summed E-state index contributed by atoms with van der Waals surface area (Å²) < 4.78 is 0. The number of nitrogens with one attached hydrogen (secondary N) is 1. The van der Waals surface area contributed by atoms with E-state index in [1.807, 2.05) is 5.51 Å². The predicted octanol–water partition coefficient (Wildman–Crippen LogP) is 2.50. The second-order valence-electron chi connectivity index (χ2n) is 5.13. The first-order valence-corrected chi connectivity index (χ1v) is 7.50. The lowest BCUT2D eigenvalue weighted by Crippen LogP contribution is -2.40. The Morgan fingerprint density at radius 1 is 1.59 bits per heavy atom. The minimum absolute atomic E-state index is 0.618. The van der Waals surface area contributed by atoms with Crippen LogP contribution in [0.4, 0.5) is 0 Å². The van der Waals surface area contributed by atoms with Gasteiger partial charge in [0.15, 0.2) is 0 Å². The van der Waals surface area contributed by atoms with E-state index in [1.165, 1.54) is 37.9 Å². The third-order valence-electron chi connectivity index (χ3n) is 3.69. The molecule has 1 N–H and O–H groups in total. The van der Waals surface area contributed by atoms with Crippen LogP contribution in [0.15, 0.2) is 10.9 Å². The predicted molar refractivity (Wildman–Crippen MR) is 73.3 cm³/mol. The lowest BCUT2D eigenvalue weighted by molar-refractivity contribution is 0.208. The molecular weight excluding hydrogens is 230 g/mol. The van der Waals surface area contributed by atoms with Crippen LogP contribution in [0, 0.1) is 0 Å². The molecule has 0 amide bonds. The highest BCUT2D eigenvalue weighted by molar-refractivity contribution is 7.07. The van der Waals surface area contributed by atoms with E-state index in [-0.39, 0.29) is 0 Å². The summed E-state index contributed by atoms with van der Waals surface area (Å²) >= 11 is 1.68. The van der Waals surface area contributed by atoms with Crippen molar-refractivity contribution in [1.82, 2.24) is 15.2 Å². The molecule has 0 saturated carbocycles. The van der Waals surface area contributed by atoms with E-state index >= 15 is 0 Å². The van der Waals surface area contributed by atoms with E-state index < -0.39 is 0 Å². The van der Waals surface area contributed by atoms with Crippen LogP contribution in [0.5, 0.6) is 0 Å². The molecule has 2 rings (SSSR count). The molecule has 1 aromatic heterocycles. The molecule has 0 radical (unpaired) electrons. The summed E-state index contributed by atoms with van der Waals surface area (Å²) in [5.41, 5.74) is 3.11. The Morgan fingerprint density at radius 2 is 2.47 bits per heavy atom. The largest absolute Gasteiger partial charge is 0.314 e. The van der Waals surface area contributed by atoms with Crippen molar-refractivity contribution in [2.45, 2.75) is 51.2 Å². The van der Waals surface area contributed by atoms with Crippen LogP contribution in [-0.2, 0) is 6.54 Å². The Balaban J connectivity index is 1.76. The van der Waals surface area contributed by atoms with Crippen LogP contribution < -0.4 is 5.32 Å². The number of piperidine rings is 1. The van der Waals surface area contributed by atoms with Crippen LogP contribution in [0.2, 0.25) is 0 Å². The summed E-state index contributed by atoms with van der Waals surface area (Å²) in [6.07, 6.45) is 5.33. The van der Waals surface area contributed by atoms with Crippen molar-refractivity contribution < 1.29 is 0 Å². The molecule has 2 heterocycles. The SMILES string of the molecule is CC(CC1CCCCN1)N(C)Cc1cscn1. The second kappa shape index (κ2) is 6.47. The zero-order valence-electron chi connectivity index (χ0n) is 10.9. The quantitative estimate of drug-likeness (QED) is 0.874. The van der Waals surface area contributed by atoms with Gasteiger partial charge in [0, 0.05) is 24.0 Å². The summed E-state index contributed by atoms with van der Waals surface area (Å²) in [4.78, 5) is 6.75. The van der Waals surface area contributed by atoms with Gasteiger partial charge in [0.1, 0.15) is 0 Å². The highest BCUT2D eigenvalue weighted by Crippen LogP contribution is 2.15. The van der Waals surface area contributed by atoms with Crippen LogP contribution in [-0.4, -0.2) is 35.6 Å². The molecule has 1 aromatic rings. The fourth-order valence-electron chi connectivity index (χ4n) is 2.44. The van der Waals surface area contributed by atoms with Gasteiger partial charge in [0.05, 0.1) is 11.2 Å². The van der Waals surface area contributed by atoms with Crippen molar-refractivity contribution in [2.75, 3.05) is 13.6 Å². The normalized spacial score (nSPS) is 22.9. The molecule has 0 spiro atoms. The van der Waals surface area contributed by atoms with Gasteiger partial charge < -0.3 is 5.32 Å². The fraction of sp³-hybridized carbons (Fsp3) is 0.769. The van der Waals surface area contributed by atoms with Gasteiger partial charge in [-0.15, -0.1) is 11.3 Å². The maximum absolute atomic E-state index is 4.35. The Morgan fingerprint density at radius 3 is 3.12 bits per heavy atom. The molecule has 96 valence electrons. The van der Waals surface area contributed by atoms with Crippen molar-refractivity contribution in [2.24, 2.45) is 0 Å². The summed E-state index contributed by atoms with van der Waals surface area (Å²) in [7, 11) is 2.20. The van der Waals surface area contributed by atoms with Gasteiger partial charge >= 0.3 is 0 Å². The van der Waals surface area contributed by atoms with E-state index in [0.29, 0.717) is 6.04 Å². The third-order valence-corrected chi connectivity index (χ3v) is 4.32. The number of hydrogen-bond acceptors (Lipinski definition) is 4. The lowest BCUT2D eigenvalue weighted by atomic mass is 9.98. The number of hydrogen-bond donors (Lipinski definition) is 1. The van der Waals surface area contributed by atoms with E-state index in [0.717, 1.165) is 12.6 Å². The molecule has 17 heavy (non-hydrogen) atoms. The number of rotatable bonds is 5. The average Bonchev–Trinajstić information content (AvgIpc) is 2.83. The highest BCUT2D eigenvalue weighted by atomic mass is 32.1. The van der Waals surface area contributed by atoms with Gasteiger partial charge in [-0.2, -0.15) is 0 Å². The smallest absolute Gasteiger partial charge is 0.0795 e. The fourth-order valence-corrected chi connectivity index (χ4v) is 2.99. The van der Waals surface area contributed by atoms with E-state index in [1.54, 1.807) is 11.3 Å². The van der Waals surface area contributed by atoms with Gasteiger partial charge in [0.25, 0.3) is 0 Å². The molecule has 0 aliphatic carbocycles. The van der Waals surface area contributed by atoms with Crippen molar-refractivity contribution in [3.63, 3.8) is 0 Å². The van der Waals surface area contributed by atoms with Crippen molar-refractivity contribution in [3.8, 4) is 0 Å². The molecule has 2 unspecified atom stereocenters. The topological polar surface area (TPSA) is 28.2 Å². The summed E-state index contributed by atoms with van der Waals surface area (Å²) in [6, 6.07) is 1.34. The minimum atomic E-state index is 0.618. The number of aromatic nitrogens is 1. The number of nitrogens with zero attached hydrogens (tertiary/aromatic N) is 2. The summed E-state index contributed by atoms with van der Waals surface area (Å²) in [6.45, 7) is 4.49. The molecule has 1 aliphatic rings. The van der Waals surface area contributed by atoms with Crippen LogP contribution >= 0.6 is 11.3 Å². The maximum Gasteiger partial charge on any atom is 0.0795 e. The van der Waals surface area contributed by atoms with Gasteiger partial charge in [-0.25, -0.2) is 4.98 Å². The van der Waals surface area contributed by atoms with E-state index in [2.05, 4.69) is 34.6 Å². The molecule has 0 bridgehead atoms. The minimum Gasteiger partial charge on any atom is -0.314 e. The molecule has 1 saturated heterocycles. The Hall–Kier alpha value is -0.450. The van der Waals surface area contributed by atoms with Gasteiger partial charge in [0.2, 0.25) is 0 Å². The molecule has 3 nitrogen and oxygen atoms in total. The van der Waals surface area contributed by atoms with Gasteiger partial charge in [-0.3, -0.25) is 4.90 Å². The standard InChI is InChI=1S/C13H23N3S/c1-11(7-12-5-3-4-6-14-12)16(2)8-13-9-17-10-15-13/h9-12,14H,3-8H2,1-2H3. The molecule has 1 aliphatic heterocycles. The van der Waals surface area contributed by atoms with Crippen molar-refractivity contribution >= 4 is 11.3 Å². The zero-order valence-corrected chi connectivity index (χ0v) is 11.7. The van der Waals surface area contributed by atoms with E-state index in [9.17, 15) is 0 Å². The highest BCUT2D eigenvalue weighted by Gasteiger charge is 2.18. The average molecular weight is 253 g/mol.